The summed E-state index contributed by atoms with van der Waals surface area (Å²) in [7, 11) is 0. The summed E-state index contributed by atoms with van der Waals surface area (Å²) in [4.78, 5) is 8.32. The molecule has 2 aromatic carbocycles. The summed E-state index contributed by atoms with van der Waals surface area (Å²) in [6.07, 6.45) is -1.30. The number of fused-ring (bicyclic) bond motifs is 1. The van der Waals surface area contributed by atoms with Crippen molar-refractivity contribution in [1.82, 2.24) is 20.2 Å². The molecule has 0 aliphatic heterocycles. The predicted octanol–water partition coefficient (Wildman–Crippen LogP) is 4.41. The van der Waals surface area contributed by atoms with Gasteiger partial charge in [0.15, 0.2) is 0 Å². The molecule has 2 heterocycles. The van der Waals surface area contributed by atoms with Crippen LogP contribution in [0.15, 0.2) is 54.7 Å². The van der Waals surface area contributed by atoms with Gasteiger partial charge in [-0.25, -0.2) is 18.2 Å². The van der Waals surface area contributed by atoms with E-state index < -0.39 is 12.2 Å². The van der Waals surface area contributed by atoms with Crippen molar-refractivity contribution in [2.75, 3.05) is 5.73 Å². The van der Waals surface area contributed by atoms with Gasteiger partial charge in [-0.2, -0.15) is 0 Å². The number of nitrogens with two attached hydrogens (primary N) is 1. The third-order valence-corrected chi connectivity index (χ3v) is 4.10. The first-order chi connectivity index (χ1) is 13.0. The zero-order chi connectivity index (χ0) is 19.0. The molecule has 2 N–H and O–H groups in total. The molecule has 4 aromatic rings. The summed E-state index contributed by atoms with van der Waals surface area (Å²) in [5.41, 5.74) is 7.81. The molecule has 0 unspecified atom stereocenters. The van der Waals surface area contributed by atoms with E-state index in [4.69, 9.17) is 5.73 Å². The number of rotatable bonds is 3. The van der Waals surface area contributed by atoms with E-state index in [1.165, 1.54) is 36.5 Å². The highest BCUT2D eigenvalue weighted by Gasteiger charge is 2.16. The van der Waals surface area contributed by atoms with Crippen molar-refractivity contribution in [3.63, 3.8) is 0 Å². The maximum atomic E-state index is 13.3. The third kappa shape index (κ3) is 3.17. The molecule has 0 saturated carbocycles. The number of alkyl halides is 2. The first-order valence-corrected chi connectivity index (χ1v) is 7.96. The molecular formula is C19H12F3N5. The fourth-order valence-corrected chi connectivity index (χ4v) is 2.85. The van der Waals surface area contributed by atoms with Crippen LogP contribution in [0, 0.1) is 5.82 Å². The molecular weight excluding hydrogens is 355 g/mol. The van der Waals surface area contributed by atoms with E-state index in [-0.39, 0.29) is 11.5 Å². The zero-order valence-corrected chi connectivity index (χ0v) is 13.8. The highest BCUT2D eigenvalue weighted by molar-refractivity contribution is 5.89. The van der Waals surface area contributed by atoms with Gasteiger partial charge < -0.3 is 5.73 Å². The number of halogens is 3. The largest absolute Gasteiger partial charge is 0.366 e. The van der Waals surface area contributed by atoms with Gasteiger partial charge in [-0.3, -0.25) is 4.98 Å². The maximum Gasteiger partial charge on any atom is 0.264 e. The number of aromatic nitrogens is 4. The molecule has 0 spiro atoms. The second-order valence-electron chi connectivity index (χ2n) is 5.81. The van der Waals surface area contributed by atoms with Crippen molar-refractivity contribution in [2.24, 2.45) is 0 Å². The lowest BCUT2D eigenvalue weighted by atomic mass is 10.0. The molecule has 134 valence electrons. The van der Waals surface area contributed by atoms with Crippen molar-refractivity contribution in [1.29, 1.82) is 0 Å². The number of benzene rings is 2. The average molecular weight is 367 g/mol. The van der Waals surface area contributed by atoms with E-state index in [1.54, 1.807) is 18.2 Å². The molecule has 5 nitrogen and oxygen atoms in total. The molecule has 0 amide bonds. The van der Waals surface area contributed by atoms with Gasteiger partial charge in [-0.1, -0.05) is 6.07 Å². The fourth-order valence-electron chi connectivity index (χ4n) is 2.85. The number of hydrogen-bond donors (Lipinski definition) is 1. The van der Waals surface area contributed by atoms with Crippen molar-refractivity contribution in [2.45, 2.75) is 6.43 Å². The molecule has 2 aromatic heterocycles. The van der Waals surface area contributed by atoms with E-state index in [9.17, 15) is 13.2 Å². The van der Waals surface area contributed by atoms with E-state index >= 15 is 0 Å². The van der Waals surface area contributed by atoms with Crippen LogP contribution in [0.5, 0.6) is 0 Å². The normalized spacial score (nSPS) is 11.3. The topological polar surface area (TPSA) is 77.6 Å². The van der Waals surface area contributed by atoms with Gasteiger partial charge in [-0.05, 0) is 42.5 Å². The van der Waals surface area contributed by atoms with Crippen molar-refractivity contribution in [3.05, 3.63) is 66.1 Å². The molecule has 4 rings (SSSR count). The second-order valence-corrected chi connectivity index (χ2v) is 5.81. The Balaban J connectivity index is 1.93. The first-order valence-electron chi connectivity index (χ1n) is 7.96. The van der Waals surface area contributed by atoms with Gasteiger partial charge >= 0.3 is 0 Å². The van der Waals surface area contributed by atoms with Crippen LogP contribution >= 0.6 is 0 Å². The van der Waals surface area contributed by atoms with Gasteiger partial charge in [0.05, 0.1) is 5.52 Å². The monoisotopic (exact) mass is 367 g/mol. The number of hydrogen-bond acceptors (Lipinski definition) is 5. The van der Waals surface area contributed by atoms with Crippen LogP contribution in [0.1, 0.15) is 12.0 Å². The molecule has 0 bridgehead atoms. The molecule has 0 radical (unpaired) electrons. The first kappa shape index (κ1) is 16.9. The Morgan fingerprint density at radius 1 is 0.852 bits per heavy atom. The smallest absolute Gasteiger partial charge is 0.264 e. The lowest BCUT2D eigenvalue weighted by Crippen LogP contribution is -2.02. The van der Waals surface area contributed by atoms with Gasteiger partial charge in [0.2, 0.25) is 5.95 Å². The van der Waals surface area contributed by atoms with Gasteiger partial charge in [-0.15, -0.1) is 10.2 Å². The predicted molar refractivity (Wildman–Crippen MR) is 95.3 cm³/mol. The van der Waals surface area contributed by atoms with E-state index in [0.29, 0.717) is 33.4 Å². The summed E-state index contributed by atoms with van der Waals surface area (Å²) in [6.45, 7) is 0. The Hall–Kier alpha value is -3.55. The van der Waals surface area contributed by atoms with Crippen molar-refractivity contribution >= 4 is 16.9 Å². The maximum absolute atomic E-state index is 13.3. The second kappa shape index (κ2) is 6.64. The summed E-state index contributed by atoms with van der Waals surface area (Å²) in [6, 6.07) is 11.8. The van der Waals surface area contributed by atoms with Crippen LogP contribution in [0.25, 0.3) is 33.4 Å². The lowest BCUT2D eigenvalue weighted by molar-refractivity contribution is 0.153. The van der Waals surface area contributed by atoms with Crippen molar-refractivity contribution < 1.29 is 13.2 Å². The average Bonchev–Trinajstić information content (AvgIpc) is 2.67. The van der Waals surface area contributed by atoms with Gasteiger partial charge in [0, 0.05) is 28.3 Å². The molecule has 8 heteroatoms. The molecule has 0 fully saturated rings. The minimum Gasteiger partial charge on any atom is -0.366 e. The van der Waals surface area contributed by atoms with Crippen LogP contribution in [-0.4, -0.2) is 20.2 Å². The Labute approximate surface area is 151 Å². The summed E-state index contributed by atoms with van der Waals surface area (Å²) >= 11 is 0. The highest BCUT2D eigenvalue weighted by Crippen LogP contribution is 2.33. The molecule has 0 aliphatic carbocycles. The SMILES string of the molecule is Nc1nnc(-c2ccc3nccc(C(F)F)c3c2)c(-c2ccc(F)cc2)n1. The van der Waals surface area contributed by atoms with Gasteiger partial charge in [0.25, 0.3) is 6.43 Å². The summed E-state index contributed by atoms with van der Waals surface area (Å²) in [5, 5.41) is 8.18. The summed E-state index contributed by atoms with van der Waals surface area (Å²) in [5.74, 6) is -0.442. The summed E-state index contributed by atoms with van der Waals surface area (Å²) < 4.78 is 39.9. The number of nitrogens with zero attached hydrogens (tertiary/aromatic N) is 4. The van der Waals surface area contributed by atoms with E-state index in [0.717, 1.165) is 0 Å². The Bertz CT molecular complexity index is 1130. The van der Waals surface area contributed by atoms with E-state index in [1.807, 2.05) is 0 Å². The van der Waals surface area contributed by atoms with Crippen molar-refractivity contribution in [3.8, 4) is 22.5 Å². The molecule has 0 saturated heterocycles. The van der Waals surface area contributed by atoms with Crippen LogP contribution in [0.2, 0.25) is 0 Å². The van der Waals surface area contributed by atoms with E-state index in [2.05, 4.69) is 20.2 Å². The fraction of sp³-hybridized carbons (Fsp3) is 0.0526. The van der Waals surface area contributed by atoms with Crippen LogP contribution in [0.4, 0.5) is 19.1 Å². The minimum atomic E-state index is -2.64. The van der Waals surface area contributed by atoms with Gasteiger partial charge in [0.1, 0.15) is 17.2 Å². The highest BCUT2D eigenvalue weighted by atomic mass is 19.3. The zero-order valence-electron chi connectivity index (χ0n) is 13.8. The molecule has 0 atom stereocenters. The third-order valence-electron chi connectivity index (χ3n) is 4.10. The molecule has 0 aliphatic rings. The molecule has 27 heavy (non-hydrogen) atoms. The standard InChI is InChI=1S/C19H12F3N5/c20-12-4-1-10(2-5-12)16-17(26-27-19(23)25-16)11-3-6-15-14(9-11)13(18(21)22)7-8-24-15/h1-9,18H,(H2,23,25,27). The minimum absolute atomic E-state index is 0.0474. The Morgan fingerprint density at radius 2 is 1.59 bits per heavy atom. The number of anilines is 1. The quantitative estimate of drug-likeness (QED) is 0.580. The Morgan fingerprint density at radius 3 is 2.33 bits per heavy atom. The van der Waals surface area contributed by atoms with Crippen LogP contribution in [-0.2, 0) is 0 Å². The Kier molecular flexibility index (Phi) is 4.15. The number of nitrogen functional groups attached to an aromatic ring is 1. The van der Waals surface area contributed by atoms with Crippen LogP contribution < -0.4 is 5.73 Å². The van der Waals surface area contributed by atoms with Crippen LogP contribution in [0.3, 0.4) is 0 Å². The number of pyridine rings is 1. The lowest BCUT2D eigenvalue weighted by Gasteiger charge is -2.10.